The van der Waals surface area contributed by atoms with E-state index in [1.165, 1.54) is 29.5 Å². The molecule has 1 aromatic carbocycles. The van der Waals surface area contributed by atoms with Gasteiger partial charge in [-0.15, -0.1) is 11.3 Å². The van der Waals surface area contributed by atoms with Gasteiger partial charge in [0.2, 0.25) is 5.92 Å². The van der Waals surface area contributed by atoms with Crippen LogP contribution in [0.2, 0.25) is 5.02 Å². The van der Waals surface area contributed by atoms with Crippen molar-refractivity contribution in [1.29, 1.82) is 0 Å². The second kappa shape index (κ2) is 10.1. The number of nitrogens with one attached hydrogen (secondary N) is 1. The zero-order valence-corrected chi connectivity index (χ0v) is 19.0. The summed E-state index contributed by atoms with van der Waals surface area (Å²) in [6.45, 7) is 2.77. The van der Waals surface area contributed by atoms with Crippen LogP contribution in [0.25, 0.3) is 0 Å². The van der Waals surface area contributed by atoms with Gasteiger partial charge < -0.3 is 10.1 Å². The third-order valence-corrected chi connectivity index (χ3v) is 7.64. The van der Waals surface area contributed by atoms with Crippen LogP contribution < -0.4 is 5.32 Å². The van der Waals surface area contributed by atoms with Crippen LogP contribution in [0.1, 0.15) is 57.9 Å². The Hall–Kier alpha value is -1.68. The van der Waals surface area contributed by atoms with Crippen LogP contribution in [0.5, 0.6) is 0 Å². The van der Waals surface area contributed by atoms with Gasteiger partial charge in [0.25, 0.3) is 5.91 Å². The Kier molecular flexibility index (Phi) is 7.39. The molecular weight excluding hydrogens is 463 g/mol. The van der Waals surface area contributed by atoms with Gasteiger partial charge in [0, 0.05) is 49.5 Å². The fourth-order valence-electron chi connectivity index (χ4n) is 4.22. The first-order valence-corrected chi connectivity index (χ1v) is 11.9. The van der Waals surface area contributed by atoms with Gasteiger partial charge >= 0.3 is 0 Å². The third-order valence-electron chi connectivity index (χ3n) is 6.07. The lowest BCUT2D eigenvalue weighted by atomic mass is 9.87. The summed E-state index contributed by atoms with van der Waals surface area (Å²) in [4.78, 5) is 20.3. The van der Waals surface area contributed by atoms with Gasteiger partial charge in [0.05, 0.1) is 34.8 Å². The number of carbonyl (C=O) groups excluding carboxylic acids is 1. The Labute approximate surface area is 193 Å². The van der Waals surface area contributed by atoms with Crippen molar-refractivity contribution in [1.82, 2.24) is 15.2 Å². The van der Waals surface area contributed by atoms with Gasteiger partial charge in [-0.05, 0) is 25.0 Å². The lowest BCUT2D eigenvalue weighted by molar-refractivity contribution is -0.0382. The highest BCUT2D eigenvalue weighted by Crippen LogP contribution is 2.42. The second-order valence-corrected chi connectivity index (χ2v) is 9.70. The summed E-state index contributed by atoms with van der Waals surface area (Å²) < 4.78 is 46.6. The van der Waals surface area contributed by atoms with Gasteiger partial charge in [-0.2, -0.15) is 0 Å². The largest absolute Gasteiger partial charge is 0.379 e. The second-order valence-electron chi connectivity index (χ2n) is 8.20. The molecule has 1 aliphatic heterocycles. The molecule has 2 fully saturated rings. The molecular formula is C22H25ClF3N3O2S. The summed E-state index contributed by atoms with van der Waals surface area (Å²) in [5, 5.41) is 3.72. The monoisotopic (exact) mass is 487 g/mol. The molecule has 4 rings (SSSR count). The number of carbonyl (C=O) groups is 1. The number of nitrogens with zero attached hydrogens (tertiary/aromatic N) is 2. The zero-order valence-electron chi connectivity index (χ0n) is 17.5. The van der Waals surface area contributed by atoms with Crippen LogP contribution in [-0.2, 0) is 4.74 Å². The van der Waals surface area contributed by atoms with E-state index < -0.39 is 17.6 Å². The molecule has 1 N–H and O–H groups in total. The first-order chi connectivity index (χ1) is 15.3. The maximum Gasteiger partial charge on any atom is 0.255 e. The third kappa shape index (κ3) is 5.44. The van der Waals surface area contributed by atoms with E-state index in [-0.39, 0.29) is 41.9 Å². The van der Waals surface area contributed by atoms with Crippen LogP contribution >= 0.6 is 22.9 Å². The Morgan fingerprint density at radius 3 is 2.72 bits per heavy atom. The van der Waals surface area contributed by atoms with Crippen molar-refractivity contribution >= 4 is 28.8 Å². The molecule has 10 heteroatoms. The molecule has 32 heavy (non-hydrogen) atoms. The topological polar surface area (TPSA) is 54.5 Å². The molecule has 0 spiro atoms. The van der Waals surface area contributed by atoms with E-state index in [1.54, 1.807) is 6.20 Å². The summed E-state index contributed by atoms with van der Waals surface area (Å²) in [7, 11) is 0. The Morgan fingerprint density at radius 1 is 1.31 bits per heavy atom. The molecule has 174 valence electrons. The van der Waals surface area contributed by atoms with Crippen molar-refractivity contribution in [2.24, 2.45) is 0 Å². The molecule has 0 bridgehead atoms. The highest BCUT2D eigenvalue weighted by atomic mass is 35.5. The first-order valence-electron chi connectivity index (χ1n) is 10.7. The number of rotatable bonds is 6. The van der Waals surface area contributed by atoms with Crippen molar-refractivity contribution in [3.05, 3.63) is 50.7 Å². The lowest BCUT2D eigenvalue weighted by Crippen LogP contribution is -2.43. The van der Waals surface area contributed by atoms with Crippen molar-refractivity contribution in [2.45, 2.75) is 43.6 Å². The molecule has 1 amide bonds. The summed E-state index contributed by atoms with van der Waals surface area (Å²) in [5.74, 6) is -3.80. The maximum absolute atomic E-state index is 14.1. The summed E-state index contributed by atoms with van der Waals surface area (Å²) in [6.07, 6.45) is 2.39. The van der Waals surface area contributed by atoms with Gasteiger partial charge in [-0.25, -0.2) is 18.2 Å². The average Bonchev–Trinajstić information content (AvgIpc) is 3.24. The van der Waals surface area contributed by atoms with Crippen LogP contribution in [0.4, 0.5) is 13.2 Å². The van der Waals surface area contributed by atoms with Crippen LogP contribution in [0.15, 0.2) is 24.4 Å². The fraction of sp³-hybridized carbons (Fsp3) is 0.545. The highest BCUT2D eigenvalue weighted by Gasteiger charge is 2.36. The summed E-state index contributed by atoms with van der Waals surface area (Å²) in [5.41, 5.74) is -0.178. The predicted molar refractivity (Wildman–Crippen MR) is 117 cm³/mol. The van der Waals surface area contributed by atoms with Gasteiger partial charge in [-0.1, -0.05) is 17.7 Å². The Bertz CT molecular complexity index is 922. The molecule has 1 saturated heterocycles. The number of aromatic nitrogens is 1. The first kappa shape index (κ1) is 23.5. The molecule has 1 unspecified atom stereocenters. The van der Waals surface area contributed by atoms with Crippen molar-refractivity contribution < 1.29 is 22.7 Å². The zero-order chi connectivity index (χ0) is 22.7. The molecule has 1 aliphatic carbocycles. The van der Waals surface area contributed by atoms with E-state index in [2.05, 4.69) is 15.2 Å². The Balaban J connectivity index is 1.49. The van der Waals surface area contributed by atoms with E-state index >= 15 is 0 Å². The predicted octanol–water partition coefficient (Wildman–Crippen LogP) is 5.03. The quantitative estimate of drug-likeness (QED) is 0.620. The number of hydrogen-bond acceptors (Lipinski definition) is 5. The molecule has 2 aliphatic rings. The number of alkyl halides is 2. The molecule has 5 nitrogen and oxygen atoms in total. The number of ether oxygens (including phenoxy) is 1. The van der Waals surface area contributed by atoms with E-state index in [4.69, 9.17) is 16.3 Å². The average molecular weight is 488 g/mol. The summed E-state index contributed by atoms with van der Waals surface area (Å²) in [6, 6.07) is 3.95. The molecule has 1 atom stereocenters. The number of halogens is 4. The minimum atomic E-state index is -2.58. The highest BCUT2D eigenvalue weighted by molar-refractivity contribution is 7.11. The summed E-state index contributed by atoms with van der Waals surface area (Å²) >= 11 is 7.53. The maximum atomic E-state index is 14.1. The van der Waals surface area contributed by atoms with E-state index in [0.717, 1.165) is 9.88 Å². The minimum Gasteiger partial charge on any atom is -0.379 e. The fourth-order valence-corrected chi connectivity index (χ4v) is 5.69. The van der Waals surface area contributed by atoms with Crippen LogP contribution in [0.3, 0.4) is 0 Å². The normalized spacial score (nSPS) is 20.8. The van der Waals surface area contributed by atoms with E-state index in [0.29, 0.717) is 39.1 Å². The number of morpholine rings is 1. The number of benzene rings is 1. The van der Waals surface area contributed by atoms with Gasteiger partial charge in [0.15, 0.2) is 0 Å². The van der Waals surface area contributed by atoms with Crippen LogP contribution in [-0.4, -0.2) is 54.6 Å². The molecule has 2 heterocycles. The molecule has 0 radical (unpaired) electrons. The molecule has 2 aromatic rings. The van der Waals surface area contributed by atoms with Crippen molar-refractivity contribution in [3.8, 4) is 0 Å². The number of hydrogen-bond donors (Lipinski definition) is 1. The van der Waals surface area contributed by atoms with E-state index in [9.17, 15) is 18.0 Å². The van der Waals surface area contributed by atoms with E-state index in [1.807, 2.05) is 0 Å². The smallest absolute Gasteiger partial charge is 0.255 e. The van der Waals surface area contributed by atoms with Crippen LogP contribution in [0, 0.1) is 5.82 Å². The Morgan fingerprint density at radius 2 is 2.03 bits per heavy atom. The number of amides is 1. The SMILES string of the molecule is O=C(NCC(c1cnc(C2CCC(F)(F)CC2)s1)N1CCOCC1)c1c(F)cccc1Cl. The molecule has 1 saturated carbocycles. The van der Waals surface area contributed by atoms with Crippen molar-refractivity contribution in [3.63, 3.8) is 0 Å². The number of thiazole rings is 1. The van der Waals surface area contributed by atoms with Crippen molar-refractivity contribution in [2.75, 3.05) is 32.8 Å². The molecule has 1 aromatic heterocycles. The van der Waals surface area contributed by atoms with Gasteiger partial charge in [0.1, 0.15) is 5.82 Å². The van der Waals surface area contributed by atoms with Gasteiger partial charge in [-0.3, -0.25) is 9.69 Å². The minimum absolute atomic E-state index is 0.0329. The standard InChI is InChI=1S/C22H25ClF3N3O2S/c23-15-2-1-3-16(24)19(15)20(30)27-12-17(29-8-10-31-11-9-29)18-13-28-21(32-18)14-4-6-22(25,26)7-5-14/h1-3,13-14,17H,4-12H2,(H,27,30). The lowest BCUT2D eigenvalue weighted by Gasteiger charge is -2.34.